The van der Waals surface area contributed by atoms with E-state index in [4.69, 9.17) is 21.7 Å². The molecule has 0 aliphatic heterocycles. The van der Waals surface area contributed by atoms with Crippen molar-refractivity contribution in [1.29, 1.82) is 0 Å². The lowest BCUT2D eigenvalue weighted by molar-refractivity contribution is 0.0310. The zero-order chi connectivity index (χ0) is 8.36. The van der Waals surface area contributed by atoms with Crippen LogP contribution in [-0.4, -0.2) is 28.1 Å². The Bertz CT molecular complexity index is 98.4. The van der Waals surface area contributed by atoms with Crippen LogP contribution >= 0.6 is 0 Å². The Labute approximate surface area is 60.8 Å². The van der Waals surface area contributed by atoms with Gasteiger partial charge in [-0.3, -0.25) is 0 Å². The molecule has 4 nitrogen and oxygen atoms in total. The lowest BCUT2D eigenvalue weighted by Crippen LogP contribution is -2.45. The van der Waals surface area contributed by atoms with Crippen molar-refractivity contribution in [3.05, 3.63) is 0 Å². The van der Waals surface area contributed by atoms with E-state index >= 15 is 0 Å². The molecule has 0 heterocycles. The topological polar surface area (TPSA) is 92.5 Å². The molecule has 0 aliphatic carbocycles. The third kappa shape index (κ3) is 4.69. The van der Waals surface area contributed by atoms with Crippen LogP contribution in [0.5, 0.6) is 0 Å². The van der Waals surface area contributed by atoms with Crippen LogP contribution in [0, 0.1) is 0 Å². The molecule has 0 saturated heterocycles. The van der Waals surface area contributed by atoms with Gasteiger partial charge in [0, 0.05) is 12.5 Å². The molecule has 0 amide bonds. The van der Waals surface area contributed by atoms with Crippen molar-refractivity contribution in [2.45, 2.75) is 38.1 Å². The van der Waals surface area contributed by atoms with Crippen LogP contribution in [0.3, 0.4) is 0 Å². The Morgan fingerprint density at radius 3 is 2.10 bits per heavy atom. The van der Waals surface area contributed by atoms with Crippen LogP contribution in [0.4, 0.5) is 0 Å². The van der Waals surface area contributed by atoms with E-state index in [1.165, 1.54) is 6.92 Å². The second-order valence-corrected chi connectivity index (χ2v) is 2.97. The van der Waals surface area contributed by atoms with Gasteiger partial charge in [0.25, 0.3) is 0 Å². The highest BCUT2D eigenvalue weighted by atomic mass is 16.3. The molecule has 0 radical (unpaired) electrons. The minimum absolute atomic E-state index is 0.199. The number of hydrogen-bond donors (Lipinski definition) is 4. The summed E-state index contributed by atoms with van der Waals surface area (Å²) in [6, 6.07) is -0.458. The first kappa shape index (κ1) is 9.84. The SMILES string of the molecule is CC(O)C(N)CC(C)(N)O. The Balaban J connectivity index is 3.68. The van der Waals surface area contributed by atoms with Crippen LogP contribution in [0.15, 0.2) is 0 Å². The van der Waals surface area contributed by atoms with Crippen molar-refractivity contribution < 1.29 is 10.2 Å². The van der Waals surface area contributed by atoms with Gasteiger partial charge in [0.1, 0.15) is 5.72 Å². The molecule has 3 atom stereocenters. The van der Waals surface area contributed by atoms with Crippen molar-refractivity contribution >= 4 is 0 Å². The number of nitrogens with two attached hydrogens (primary N) is 2. The highest BCUT2D eigenvalue weighted by molar-refractivity contribution is 4.76. The van der Waals surface area contributed by atoms with Crippen molar-refractivity contribution in [3.8, 4) is 0 Å². The molecule has 0 aromatic carbocycles. The monoisotopic (exact) mass is 148 g/mol. The maximum absolute atomic E-state index is 9.02. The van der Waals surface area contributed by atoms with E-state index in [-0.39, 0.29) is 6.42 Å². The predicted molar refractivity (Wildman–Crippen MR) is 39.1 cm³/mol. The highest BCUT2D eigenvalue weighted by Crippen LogP contribution is 2.05. The van der Waals surface area contributed by atoms with Crippen LogP contribution in [0.2, 0.25) is 0 Å². The quantitative estimate of drug-likeness (QED) is 0.376. The predicted octanol–water partition coefficient (Wildman–Crippen LogP) is -1.25. The lowest BCUT2D eigenvalue weighted by Gasteiger charge is -2.23. The Kier molecular flexibility index (Phi) is 3.24. The summed E-state index contributed by atoms with van der Waals surface area (Å²) in [4.78, 5) is 0. The van der Waals surface area contributed by atoms with E-state index in [1.807, 2.05) is 0 Å². The second-order valence-electron chi connectivity index (χ2n) is 2.97. The third-order valence-corrected chi connectivity index (χ3v) is 1.27. The summed E-state index contributed by atoms with van der Waals surface area (Å²) in [5.41, 5.74) is 9.37. The normalized spacial score (nSPS) is 23.4. The summed E-state index contributed by atoms with van der Waals surface area (Å²) >= 11 is 0. The van der Waals surface area contributed by atoms with E-state index in [0.717, 1.165) is 0 Å². The van der Waals surface area contributed by atoms with Crippen molar-refractivity contribution in [1.82, 2.24) is 0 Å². The maximum atomic E-state index is 9.02. The van der Waals surface area contributed by atoms with Crippen LogP contribution in [-0.2, 0) is 0 Å². The van der Waals surface area contributed by atoms with Crippen LogP contribution < -0.4 is 11.5 Å². The van der Waals surface area contributed by atoms with Crippen LogP contribution in [0.25, 0.3) is 0 Å². The summed E-state index contributed by atoms with van der Waals surface area (Å²) in [6.07, 6.45) is -0.431. The molecular weight excluding hydrogens is 132 g/mol. The van der Waals surface area contributed by atoms with Gasteiger partial charge in [-0.25, -0.2) is 0 Å². The van der Waals surface area contributed by atoms with Gasteiger partial charge in [-0.05, 0) is 13.8 Å². The molecule has 0 bridgehead atoms. The molecule has 0 rings (SSSR count). The van der Waals surface area contributed by atoms with Crippen LogP contribution in [0.1, 0.15) is 20.3 Å². The lowest BCUT2D eigenvalue weighted by atomic mass is 10.0. The summed E-state index contributed by atoms with van der Waals surface area (Å²) in [6.45, 7) is 3.02. The Morgan fingerprint density at radius 2 is 2.00 bits per heavy atom. The average molecular weight is 148 g/mol. The first-order valence-electron chi connectivity index (χ1n) is 3.28. The van der Waals surface area contributed by atoms with Gasteiger partial charge in [0.2, 0.25) is 0 Å². The summed E-state index contributed by atoms with van der Waals surface area (Å²) in [7, 11) is 0. The molecular formula is C6H16N2O2. The summed E-state index contributed by atoms with van der Waals surface area (Å²) in [5, 5.41) is 17.9. The fraction of sp³-hybridized carbons (Fsp3) is 1.00. The first-order valence-corrected chi connectivity index (χ1v) is 3.28. The van der Waals surface area contributed by atoms with Crippen molar-refractivity contribution in [3.63, 3.8) is 0 Å². The molecule has 3 unspecified atom stereocenters. The number of aliphatic hydroxyl groups excluding tert-OH is 1. The molecule has 0 spiro atoms. The zero-order valence-electron chi connectivity index (χ0n) is 6.41. The van der Waals surface area contributed by atoms with E-state index in [0.29, 0.717) is 0 Å². The molecule has 62 valence electrons. The molecule has 10 heavy (non-hydrogen) atoms. The zero-order valence-corrected chi connectivity index (χ0v) is 6.41. The summed E-state index contributed by atoms with van der Waals surface area (Å²) < 4.78 is 0. The Morgan fingerprint density at radius 1 is 1.60 bits per heavy atom. The third-order valence-electron chi connectivity index (χ3n) is 1.27. The second kappa shape index (κ2) is 3.30. The smallest absolute Gasteiger partial charge is 0.112 e. The van der Waals surface area contributed by atoms with Crippen molar-refractivity contribution in [2.24, 2.45) is 11.5 Å². The molecule has 6 N–H and O–H groups in total. The van der Waals surface area contributed by atoms with Crippen molar-refractivity contribution in [2.75, 3.05) is 0 Å². The molecule has 0 aliphatic rings. The highest BCUT2D eigenvalue weighted by Gasteiger charge is 2.20. The molecule has 0 aromatic rings. The summed E-state index contributed by atoms with van der Waals surface area (Å²) in [5.74, 6) is 0. The van der Waals surface area contributed by atoms with Gasteiger partial charge in [0.15, 0.2) is 0 Å². The van der Waals surface area contributed by atoms with Gasteiger partial charge in [-0.15, -0.1) is 0 Å². The minimum Gasteiger partial charge on any atom is -0.392 e. The maximum Gasteiger partial charge on any atom is 0.112 e. The molecule has 0 saturated carbocycles. The van der Waals surface area contributed by atoms with Gasteiger partial charge < -0.3 is 21.7 Å². The number of hydrogen-bond acceptors (Lipinski definition) is 4. The minimum atomic E-state index is -1.28. The number of aliphatic hydroxyl groups is 2. The molecule has 0 fully saturated rings. The largest absolute Gasteiger partial charge is 0.392 e. The molecule has 4 heteroatoms. The van der Waals surface area contributed by atoms with Gasteiger partial charge >= 0.3 is 0 Å². The van der Waals surface area contributed by atoms with E-state index in [9.17, 15) is 0 Å². The Hall–Kier alpha value is -0.160. The van der Waals surface area contributed by atoms with E-state index in [1.54, 1.807) is 6.92 Å². The van der Waals surface area contributed by atoms with E-state index in [2.05, 4.69) is 0 Å². The fourth-order valence-corrected chi connectivity index (χ4v) is 0.648. The fourth-order valence-electron chi connectivity index (χ4n) is 0.648. The first-order chi connectivity index (χ1) is 4.33. The van der Waals surface area contributed by atoms with Gasteiger partial charge in [-0.1, -0.05) is 0 Å². The average Bonchev–Trinajstić information content (AvgIpc) is 1.60. The number of rotatable bonds is 3. The van der Waals surface area contributed by atoms with E-state index < -0.39 is 17.9 Å². The van der Waals surface area contributed by atoms with Gasteiger partial charge in [-0.2, -0.15) is 0 Å². The standard InChI is InChI=1S/C6H16N2O2/c1-4(9)5(7)3-6(2,8)10/h4-5,9-10H,3,7-8H2,1-2H3. The molecule has 0 aromatic heterocycles. The van der Waals surface area contributed by atoms with Gasteiger partial charge in [0.05, 0.1) is 6.10 Å².